The molecule has 27 nitrogen and oxygen atoms in total. The molecule has 0 saturated carbocycles. The Morgan fingerprint density at radius 1 is 0.513 bits per heavy atom. The number of ketones is 2. The number of unbranched alkanes of at least 4 members (excludes halogenated alkanes) is 3. The number of carbonyl (C=O) groups excluding carboxylic acids is 6. The molecule has 0 N–H and O–H groups in total. The molecule has 11 rings (SSSR count). The molecule has 11 heterocycles. The predicted molar refractivity (Wildman–Crippen MR) is 502 cm³/mol. The first-order valence-electron chi connectivity index (χ1n) is 39.2. The predicted octanol–water partition coefficient (Wildman–Crippen LogP) is 19.9. The van der Waals surface area contributed by atoms with Crippen LogP contribution >= 0.6 is 109 Å². The molecule has 1 fully saturated rings. The number of fused-ring (bicyclic) bond motifs is 4. The maximum absolute atomic E-state index is 12.2. The van der Waals surface area contributed by atoms with Gasteiger partial charge in [-0.2, -0.15) is 15.3 Å². The van der Waals surface area contributed by atoms with Crippen LogP contribution in [0.3, 0.4) is 0 Å². The van der Waals surface area contributed by atoms with Gasteiger partial charge in [0.05, 0.1) is 58.6 Å². The number of aliphatic imine (C=N–C) groups is 1. The Morgan fingerprint density at radius 3 is 1.26 bits per heavy atom. The Balaban J connectivity index is 0.000000253. The monoisotopic (exact) mass is 2230 g/mol. The molecule has 0 amide bonds. The summed E-state index contributed by atoms with van der Waals surface area (Å²) in [5, 5.41) is 15.4. The van der Waals surface area contributed by atoms with Gasteiger partial charge < -0.3 is 28.3 Å². The maximum Gasteiger partial charge on any atom is 0.498 e. The van der Waals surface area contributed by atoms with E-state index >= 15 is 0 Å². The van der Waals surface area contributed by atoms with Gasteiger partial charge in [-0.3, -0.25) is 52.8 Å². The summed E-state index contributed by atoms with van der Waals surface area (Å²) in [6.45, 7) is 50.9. The van der Waals surface area contributed by atoms with E-state index < -0.39 is 47.1 Å². The number of halogens is 6. The van der Waals surface area contributed by atoms with Crippen LogP contribution in [0.15, 0.2) is 103 Å². The molecule has 1 saturated heterocycles. The first-order valence-corrected chi connectivity index (χ1v) is 52.3. The molecule has 0 bridgehead atoms. The molecule has 2 aliphatic heterocycles. The van der Waals surface area contributed by atoms with Gasteiger partial charge in [-0.05, 0) is 242 Å². The molecule has 646 valence electrons. The van der Waals surface area contributed by atoms with Crippen molar-refractivity contribution in [3.63, 3.8) is 0 Å². The van der Waals surface area contributed by atoms with E-state index in [0.29, 0.717) is 43.6 Å². The standard InChI is InChI=1S/C19H21N5O3.C14H16BrN3O3.C12H13BrIN3O2.C11H17BN2O2.C7H4BrIN2.C6H11BrO2.3C4H9.C3H5.Sn/c1-11(25)18-14-6-15(13-7-20-12(2)21-8-13)22-9-16(14)24(23-18)10-17(26)27-19(3,4)5;1-8(19)13-9-5-11(15)16-6-10(9)18(17-13)7-12(20)21-14(2,3)4;1-12(2,3)19-10(18)6-17-8-5-15-9(13)4-7(8)11(14)16-17;1-8-13-6-9(7-14-8)12-15-10(2,3)11(4,5)16-12;8-6-1-5-4(2-10-6)3-11-7(5)9;1-6(2,3)9-5(8)4-7;3*1-3-4-2;1-3-2;/h6-9H,10H2,1-5H3;5-6H,7H2,1-4H3;4-5H,6H2,1-3H3;6-7H,1-5H3;1-2H,3H2;4H2,1-3H3;3*1,3-4H2,2H3;1H2,2H3;. The number of alkyl halides is 1. The number of aromatic nitrogens is 14. The number of aryl methyl sites for hydroxylation is 2. The second-order valence-electron chi connectivity index (χ2n) is 33.5. The molecule has 2 aliphatic rings. The van der Waals surface area contributed by atoms with Crippen molar-refractivity contribution in [2.45, 2.75) is 278 Å². The fourth-order valence-electron chi connectivity index (χ4n) is 11.6. The van der Waals surface area contributed by atoms with Crippen molar-refractivity contribution in [2.24, 2.45) is 4.99 Å². The van der Waals surface area contributed by atoms with E-state index in [1.165, 1.54) is 72.9 Å². The molecule has 0 atom stereocenters. The van der Waals surface area contributed by atoms with Crippen LogP contribution in [0, 0.1) is 17.5 Å². The van der Waals surface area contributed by atoms with Crippen LogP contribution in [0.25, 0.3) is 44.0 Å². The molecule has 9 aromatic heterocycles. The number of Topliss-reactive ketones (excluding diaryl/α,β-unsaturated/α-hetero) is 2. The third-order valence-corrected chi connectivity index (χ3v) is 37.9. The van der Waals surface area contributed by atoms with Crippen LogP contribution in [-0.2, 0) is 73.6 Å². The van der Waals surface area contributed by atoms with Gasteiger partial charge in [-0.15, -0.1) is 0 Å². The van der Waals surface area contributed by atoms with Crippen molar-refractivity contribution in [1.82, 2.24) is 69.2 Å². The van der Waals surface area contributed by atoms with Gasteiger partial charge in [0.25, 0.3) is 0 Å². The summed E-state index contributed by atoms with van der Waals surface area (Å²) < 4.78 is 47.6. The van der Waals surface area contributed by atoms with E-state index in [9.17, 15) is 28.8 Å². The largest absolute Gasteiger partial charge is 0.498 e. The van der Waals surface area contributed by atoms with E-state index in [1.807, 2.05) is 94.5 Å². The maximum atomic E-state index is 12.2. The molecule has 119 heavy (non-hydrogen) atoms. The SMILES string of the molecule is Brc1cc2c(cn1)CN=C2I.C=[C](C)[Sn]([CH2]CCC)([CH2]CCC)[CH2]CCC.CC(=O)c1nn(CC(=O)OC(C)(C)C)c2cnc(-c3cnc(C)nc3)cc12.CC(=O)c1nn(CC(=O)OC(C)(C)C)c2cnc(Br)cc12.CC(C)(C)OC(=O)CBr.CC(C)(C)OC(=O)Cn1nc(I)c2cc(Br)ncc21.Cc1ncc(B2OC(C)(C)C(C)(C)O2)cn1. The fourth-order valence-corrected chi connectivity index (χ4v) is 28.7. The minimum atomic E-state index is -1.94. The third-order valence-electron chi connectivity index (χ3n) is 18.0. The van der Waals surface area contributed by atoms with Crippen molar-refractivity contribution >= 4 is 212 Å². The van der Waals surface area contributed by atoms with Gasteiger partial charge in [0, 0.05) is 83.1 Å². The first-order chi connectivity index (χ1) is 55.2. The number of ether oxygens (including phenoxy) is 4. The van der Waals surface area contributed by atoms with Crippen molar-refractivity contribution in [1.29, 1.82) is 0 Å². The molecular weight excluding hydrogens is 2110 g/mol. The number of esters is 4. The Kier molecular flexibility index (Phi) is 40.1. The normalized spacial score (nSPS) is 13.4. The topological polar surface area (TPSA) is 327 Å². The molecule has 9 aromatic rings. The van der Waals surface area contributed by atoms with Crippen LogP contribution in [0.5, 0.6) is 0 Å². The molecule has 0 spiro atoms. The van der Waals surface area contributed by atoms with Gasteiger partial charge >= 0.3 is 139 Å². The Labute approximate surface area is 765 Å². The average molecular weight is 2230 g/mol. The summed E-state index contributed by atoms with van der Waals surface area (Å²) in [6, 6.07) is 7.37. The van der Waals surface area contributed by atoms with Crippen LogP contribution in [-0.4, -0.2) is 173 Å². The van der Waals surface area contributed by atoms with E-state index in [2.05, 4.69) is 203 Å². The number of nitrogens with zero attached hydrogens (tertiary/aromatic N) is 15. The van der Waals surface area contributed by atoms with Crippen molar-refractivity contribution in [2.75, 3.05) is 5.33 Å². The third kappa shape index (κ3) is 33.5. The number of rotatable bonds is 21. The summed E-state index contributed by atoms with van der Waals surface area (Å²) in [7, 11) is -0.370. The van der Waals surface area contributed by atoms with E-state index in [1.54, 1.807) is 126 Å². The molecule has 0 unspecified atom stereocenters. The Morgan fingerprint density at radius 2 is 0.874 bits per heavy atom. The zero-order valence-corrected chi connectivity index (χ0v) is 86.5. The second kappa shape index (κ2) is 46.1. The zero-order valence-electron chi connectivity index (χ0n) is 73.0. The van der Waals surface area contributed by atoms with Crippen molar-refractivity contribution in [3.05, 3.63) is 136 Å². The van der Waals surface area contributed by atoms with Crippen LogP contribution in [0.1, 0.15) is 235 Å². The second-order valence-corrected chi connectivity index (χ2v) is 52.6. The number of hydrogen-bond donors (Lipinski definition) is 0. The number of allylic oxidation sites excluding steroid dienone is 1. The van der Waals surface area contributed by atoms with E-state index in [0.717, 1.165) is 50.9 Å². The summed E-state index contributed by atoms with van der Waals surface area (Å²) in [4.78, 5) is 108. The van der Waals surface area contributed by atoms with E-state index in [-0.39, 0.29) is 78.1 Å². The quantitative estimate of drug-likeness (QED) is 0.0123. The Bertz CT molecular complexity index is 4980. The van der Waals surface area contributed by atoms with Gasteiger partial charge in [0.15, 0.2) is 11.6 Å². The fraction of sp³-hybridized carbons (Fsp3) is 0.524. The smallest absolute Gasteiger partial charge is 0.459 e. The zero-order chi connectivity index (χ0) is 89.5. The number of carbonyl (C=O) groups is 6. The van der Waals surface area contributed by atoms with Gasteiger partial charge in [0.2, 0.25) is 0 Å². The van der Waals surface area contributed by atoms with Crippen molar-refractivity contribution < 1.29 is 57.0 Å². The van der Waals surface area contributed by atoms with Crippen molar-refractivity contribution in [3.8, 4) is 11.3 Å². The first kappa shape index (κ1) is 104. The summed E-state index contributed by atoms with van der Waals surface area (Å²) in [5.41, 5.74) is 4.64. The number of hydrogen-bond acceptors (Lipinski definition) is 24. The molecule has 0 aliphatic carbocycles. The summed E-state index contributed by atoms with van der Waals surface area (Å²) >= 11 is 15.3. The van der Waals surface area contributed by atoms with Crippen LogP contribution in [0.2, 0.25) is 13.3 Å². The minimum absolute atomic E-state index is 0.0651. The van der Waals surface area contributed by atoms with Gasteiger partial charge in [0.1, 0.15) is 91.6 Å². The van der Waals surface area contributed by atoms with Crippen LogP contribution < -0.4 is 5.46 Å². The average Bonchev–Trinajstić information content (AvgIpc) is 1.62. The van der Waals surface area contributed by atoms with Gasteiger partial charge in [-0.25, -0.2) is 34.9 Å². The van der Waals surface area contributed by atoms with Crippen LogP contribution in [0.4, 0.5) is 0 Å². The molecule has 0 aromatic carbocycles. The van der Waals surface area contributed by atoms with Gasteiger partial charge in [-0.1, -0.05) is 15.9 Å². The minimum Gasteiger partial charge on any atom is -0.459 e. The molecule has 0 radical (unpaired) electrons. The Hall–Kier alpha value is -6.04. The summed E-state index contributed by atoms with van der Waals surface area (Å²) in [5.74, 6) is -0.322. The number of pyridine rings is 4. The summed E-state index contributed by atoms with van der Waals surface area (Å²) in [6.07, 6.45) is 22.0. The van der Waals surface area contributed by atoms with E-state index in [4.69, 9.17) is 28.3 Å². The molecular formula is C84H114BBr4I2N15O12Sn. The molecule has 35 heteroatoms.